The Morgan fingerprint density at radius 2 is 1.00 bits per heavy atom. The third-order valence-corrected chi connectivity index (χ3v) is 3.21. The normalized spacial score (nSPS) is 10.0. The van der Waals surface area contributed by atoms with Gasteiger partial charge in [-0.15, -0.1) is 11.8 Å². The van der Waals surface area contributed by atoms with Gasteiger partial charge in [-0.25, -0.2) is 0 Å². The molecule has 0 aliphatic carbocycles. The van der Waals surface area contributed by atoms with Gasteiger partial charge in [-0.2, -0.15) is 0 Å². The van der Waals surface area contributed by atoms with Crippen LogP contribution in [0.15, 0.2) is 0 Å². The molecule has 0 N–H and O–H groups in total. The van der Waals surface area contributed by atoms with Gasteiger partial charge in [-0.1, -0.05) is 78.1 Å². The molecule has 0 nitrogen and oxygen atoms in total. The van der Waals surface area contributed by atoms with E-state index in [4.69, 9.17) is 0 Å². The molecule has 0 heteroatoms. The van der Waals surface area contributed by atoms with Crippen molar-refractivity contribution in [3.8, 4) is 11.8 Å². The zero-order valence-corrected chi connectivity index (χ0v) is 12.2. The van der Waals surface area contributed by atoms with Crippen molar-refractivity contribution in [3.63, 3.8) is 0 Å². The molecule has 0 aliphatic rings. The molecule has 100 valence electrons. The first-order valence-electron chi connectivity index (χ1n) is 7.87. The van der Waals surface area contributed by atoms with Crippen LogP contribution >= 0.6 is 0 Å². The first-order valence-corrected chi connectivity index (χ1v) is 7.87. The Hall–Kier alpha value is -0.440. The first-order chi connectivity index (χ1) is 8.41. The zero-order chi connectivity index (χ0) is 12.6. The van der Waals surface area contributed by atoms with Crippen molar-refractivity contribution in [2.24, 2.45) is 0 Å². The molecule has 0 atom stereocenters. The van der Waals surface area contributed by atoms with Crippen molar-refractivity contribution in [1.29, 1.82) is 0 Å². The minimum atomic E-state index is 1.01. The topological polar surface area (TPSA) is 0 Å². The summed E-state index contributed by atoms with van der Waals surface area (Å²) >= 11 is 0. The Morgan fingerprint density at radius 1 is 0.529 bits per heavy atom. The summed E-state index contributed by atoms with van der Waals surface area (Å²) < 4.78 is 0. The molecule has 0 aliphatic heterocycles. The average molecular weight is 236 g/mol. The lowest BCUT2D eigenvalue weighted by atomic mass is 10.1. The van der Waals surface area contributed by atoms with Crippen molar-refractivity contribution < 1.29 is 0 Å². The molecule has 0 aromatic carbocycles. The molecule has 0 heterocycles. The van der Waals surface area contributed by atoms with Crippen LogP contribution in [0.1, 0.15) is 97.3 Å². The molecule has 0 unspecified atom stereocenters. The summed E-state index contributed by atoms with van der Waals surface area (Å²) in [5.41, 5.74) is 0. The van der Waals surface area contributed by atoms with Gasteiger partial charge in [0.1, 0.15) is 0 Å². The lowest BCUT2D eigenvalue weighted by molar-refractivity contribution is 0.551. The third-order valence-electron chi connectivity index (χ3n) is 3.21. The quantitative estimate of drug-likeness (QED) is 0.300. The van der Waals surface area contributed by atoms with Gasteiger partial charge in [0, 0.05) is 12.8 Å². The summed E-state index contributed by atoms with van der Waals surface area (Å²) in [7, 11) is 0. The molecule has 0 aromatic rings. The van der Waals surface area contributed by atoms with E-state index < -0.39 is 0 Å². The summed E-state index contributed by atoms with van der Waals surface area (Å²) in [4.78, 5) is 0. The largest absolute Gasteiger partial charge is 0.104 e. The summed E-state index contributed by atoms with van der Waals surface area (Å²) in [6.45, 7) is 4.40. The fraction of sp³-hybridized carbons (Fsp3) is 0.882. The van der Waals surface area contributed by atoms with Gasteiger partial charge in [0.15, 0.2) is 0 Å². The van der Waals surface area contributed by atoms with E-state index in [-0.39, 0.29) is 0 Å². The first kappa shape index (κ1) is 16.6. The second-order valence-electron chi connectivity index (χ2n) is 4.99. The summed E-state index contributed by atoms with van der Waals surface area (Å²) in [5.74, 6) is 6.35. The van der Waals surface area contributed by atoms with Crippen LogP contribution in [0.3, 0.4) is 0 Å². The van der Waals surface area contributed by atoms with Crippen LogP contribution in [0.2, 0.25) is 0 Å². The molecular weight excluding hydrogens is 204 g/mol. The van der Waals surface area contributed by atoms with Crippen LogP contribution in [-0.2, 0) is 0 Å². The Morgan fingerprint density at radius 3 is 1.47 bits per heavy atom. The molecular formula is C17H32. The second-order valence-corrected chi connectivity index (χ2v) is 4.99. The van der Waals surface area contributed by atoms with Crippen molar-refractivity contribution in [2.45, 2.75) is 97.3 Å². The fourth-order valence-corrected chi connectivity index (χ4v) is 2.09. The molecule has 0 fully saturated rings. The van der Waals surface area contributed by atoms with Gasteiger partial charge in [0.2, 0.25) is 0 Å². The lowest BCUT2D eigenvalue weighted by Crippen LogP contribution is -1.82. The van der Waals surface area contributed by atoms with Crippen LogP contribution in [0.25, 0.3) is 0 Å². The van der Waals surface area contributed by atoms with Crippen molar-refractivity contribution >= 4 is 0 Å². The van der Waals surface area contributed by atoms with E-state index in [0.29, 0.717) is 0 Å². The third kappa shape index (κ3) is 15.6. The van der Waals surface area contributed by atoms with Gasteiger partial charge >= 0.3 is 0 Å². The highest BCUT2D eigenvalue weighted by atomic mass is 14.0. The van der Waals surface area contributed by atoms with E-state index in [1.165, 1.54) is 70.6 Å². The highest BCUT2D eigenvalue weighted by molar-refractivity contribution is 4.97. The standard InChI is InChI=1S/C17H32/c1-3-5-7-9-11-13-15-17-16-14-12-10-8-6-4-2/h3-5,7,9-17H2,1-2H3. The van der Waals surface area contributed by atoms with E-state index >= 15 is 0 Å². The lowest BCUT2D eigenvalue weighted by Gasteiger charge is -2.01. The van der Waals surface area contributed by atoms with Gasteiger partial charge in [0.05, 0.1) is 0 Å². The molecule has 0 saturated carbocycles. The van der Waals surface area contributed by atoms with Crippen LogP contribution in [-0.4, -0.2) is 0 Å². The Balaban J connectivity index is 2.94. The van der Waals surface area contributed by atoms with Gasteiger partial charge in [-0.3, -0.25) is 0 Å². The molecule has 0 aromatic heterocycles. The molecule has 0 spiro atoms. The maximum absolute atomic E-state index is 3.22. The van der Waals surface area contributed by atoms with Gasteiger partial charge in [0.25, 0.3) is 0 Å². The minimum absolute atomic E-state index is 1.01. The average Bonchev–Trinajstić information content (AvgIpc) is 2.35. The van der Waals surface area contributed by atoms with Crippen LogP contribution in [0.4, 0.5) is 0 Å². The molecule has 0 saturated heterocycles. The van der Waals surface area contributed by atoms with Crippen LogP contribution in [0, 0.1) is 11.8 Å². The molecule has 0 rings (SSSR count). The highest BCUT2D eigenvalue weighted by Gasteiger charge is 1.92. The number of rotatable bonds is 11. The minimum Gasteiger partial charge on any atom is -0.104 e. The van der Waals surface area contributed by atoms with Crippen molar-refractivity contribution in [3.05, 3.63) is 0 Å². The SMILES string of the molecule is CCC#CCCCCCCCCCCCCC. The number of hydrogen-bond acceptors (Lipinski definition) is 0. The fourth-order valence-electron chi connectivity index (χ4n) is 2.09. The smallest absolute Gasteiger partial charge is 0.00886 e. The van der Waals surface area contributed by atoms with E-state index in [0.717, 1.165) is 12.8 Å². The predicted molar refractivity (Wildman–Crippen MR) is 79.1 cm³/mol. The molecule has 17 heavy (non-hydrogen) atoms. The maximum Gasteiger partial charge on any atom is 0.00886 e. The second kappa shape index (κ2) is 15.6. The Labute approximate surface area is 110 Å². The van der Waals surface area contributed by atoms with Crippen LogP contribution in [0.5, 0.6) is 0 Å². The maximum atomic E-state index is 3.22. The van der Waals surface area contributed by atoms with Crippen molar-refractivity contribution in [1.82, 2.24) is 0 Å². The zero-order valence-electron chi connectivity index (χ0n) is 12.2. The summed E-state index contributed by atoms with van der Waals surface area (Å²) in [6.07, 6.45) is 17.7. The molecule has 0 amide bonds. The van der Waals surface area contributed by atoms with Crippen LogP contribution < -0.4 is 0 Å². The van der Waals surface area contributed by atoms with Crippen molar-refractivity contribution in [2.75, 3.05) is 0 Å². The molecule has 0 bridgehead atoms. The predicted octanol–water partition coefficient (Wildman–Crippen LogP) is 6.10. The van der Waals surface area contributed by atoms with E-state index in [2.05, 4.69) is 25.7 Å². The van der Waals surface area contributed by atoms with Gasteiger partial charge < -0.3 is 0 Å². The monoisotopic (exact) mass is 236 g/mol. The highest BCUT2D eigenvalue weighted by Crippen LogP contribution is 2.11. The Bertz CT molecular complexity index is 182. The number of hydrogen-bond donors (Lipinski definition) is 0. The van der Waals surface area contributed by atoms with Gasteiger partial charge in [-0.05, 0) is 6.42 Å². The Kier molecular flexibility index (Phi) is 15.2. The molecule has 0 radical (unpaired) electrons. The van der Waals surface area contributed by atoms with E-state index in [1.54, 1.807) is 0 Å². The summed E-state index contributed by atoms with van der Waals surface area (Å²) in [6, 6.07) is 0. The van der Waals surface area contributed by atoms with E-state index in [1.807, 2.05) is 0 Å². The number of unbranched alkanes of at least 4 members (excludes halogenated alkanes) is 11. The van der Waals surface area contributed by atoms with E-state index in [9.17, 15) is 0 Å². The summed E-state index contributed by atoms with van der Waals surface area (Å²) in [5, 5.41) is 0.